The van der Waals surface area contributed by atoms with Crippen molar-refractivity contribution in [1.29, 1.82) is 5.26 Å². The normalized spacial score (nSPS) is 14.9. The molecule has 0 spiro atoms. The van der Waals surface area contributed by atoms with Gasteiger partial charge in [-0.05, 0) is 71.4 Å². The summed E-state index contributed by atoms with van der Waals surface area (Å²) in [6, 6.07) is 4.74. The number of carbonyl (C=O) groups is 1. The van der Waals surface area contributed by atoms with E-state index >= 15 is 4.39 Å². The summed E-state index contributed by atoms with van der Waals surface area (Å²) in [6.07, 6.45) is 5.36. The Hall–Kier alpha value is -4.07. The fourth-order valence-corrected chi connectivity index (χ4v) is 4.19. The number of ether oxygens (including phenoxy) is 1. The first-order chi connectivity index (χ1) is 17.9. The third kappa shape index (κ3) is 6.62. The van der Waals surface area contributed by atoms with E-state index < -0.39 is 11.4 Å². The van der Waals surface area contributed by atoms with Crippen molar-refractivity contribution in [2.45, 2.75) is 72.4 Å². The quantitative estimate of drug-likeness (QED) is 0.375. The number of hydrogen-bond acceptors (Lipinski definition) is 9. The second-order valence-electron chi connectivity index (χ2n) is 10.8. The molecule has 200 valence electrons. The average molecular weight is 521 g/mol. The predicted octanol–water partition coefficient (Wildman–Crippen LogP) is 4.99. The lowest BCUT2D eigenvalue weighted by molar-refractivity contribution is -0.156. The van der Waals surface area contributed by atoms with Crippen molar-refractivity contribution in [2.24, 2.45) is 11.8 Å². The Bertz CT molecular complexity index is 1350. The maximum absolute atomic E-state index is 15.0. The van der Waals surface area contributed by atoms with Gasteiger partial charge in [0.2, 0.25) is 0 Å². The van der Waals surface area contributed by atoms with Crippen LogP contribution in [0, 0.1) is 42.8 Å². The lowest BCUT2D eigenvalue weighted by atomic mass is 9.94. The van der Waals surface area contributed by atoms with E-state index in [4.69, 9.17) is 4.74 Å². The number of hydrogen-bond donors (Lipinski definition) is 2. The van der Waals surface area contributed by atoms with E-state index in [1.165, 1.54) is 4.80 Å². The summed E-state index contributed by atoms with van der Waals surface area (Å²) in [5.41, 5.74) is 2.24. The number of pyridine rings is 2. The molecule has 0 saturated heterocycles. The van der Waals surface area contributed by atoms with Crippen molar-refractivity contribution in [2.75, 3.05) is 10.6 Å². The molecule has 2 atom stereocenters. The van der Waals surface area contributed by atoms with Crippen LogP contribution in [0.4, 0.5) is 21.7 Å². The Balaban J connectivity index is 1.56. The van der Waals surface area contributed by atoms with Gasteiger partial charge in [0.25, 0.3) is 0 Å². The smallest absolute Gasteiger partial charge is 0.306 e. The third-order valence-electron chi connectivity index (χ3n) is 6.28. The van der Waals surface area contributed by atoms with Crippen LogP contribution in [-0.4, -0.2) is 42.6 Å². The maximum Gasteiger partial charge on any atom is 0.306 e. The number of nitrogens with zero attached hydrogens (tertiary/aromatic N) is 6. The summed E-state index contributed by atoms with van der Waals surface area (Å²) in [6.45, 7) is 11.2. The van der Waals surface area contributed by atoms with E-state index in [1.54, 1.807) is 18.5 Å². The summed E-state index contributed by atoms with van der Waals surface area (Å²) in [7, 11) is 0. The number of nitriles is 1. The Morgan fingerprint density at radius 3 is 2.50 bits per heavy atom. The molecular formula is C27H33FN8O2. The zero-order valence-corrected chi connectivity index (χ0v) is 22.5. The van der Waals surface area contributed by atoms with Crippen LogP contribution in [0.5, 0.6) is 0 Å². The molecule has 0 radical (unpaired) electrons. The molecule has 0 aromatic carbocycles. The Morgan fingerprint density at radius 1 is 1.21 bits per heavy atom. The number of carbonyl (C=O) groups excluding carboxylic acids is 1. The fourth-order valence-electron chi connectivity index (χ4n) is 4.19. The van der Waals surface area contributed by atoms with Gasteiger partial charge in [-0.3, -0.25) is 9.78 Å². The number of nitrogens with one attached hydrogen (secondary N) is 2. The third-order valence-corrected chi connectivity index (χ3v) is 6.28. The highest BCUT2D eigenvalue weighted by atomic mass is 19.1. The van der Waals surface area contributed by atoms with Crippen LogP contribution in [0.25, 0.3) is 5.69 Å². The van der Waals surface area contributed by atoms with Crippen LogP contribution in [-0.2, 0) is 9.53 Å². The monoisotopic (exact) mass is 520 g/mol. The number of rotatable bonds is 9. The number of anilines is 3. The molecule has 3 aromatic rings. The molecule has 1 saturated carbocycles. The van der Waals surface area contributed by atoms with Crippen molar-refractivity contribution in [3.05, 3.63) is 47.3 Å². The summed E-state index contributed by atoms with van der Waals surface area (Å²) >= 11 is 0. The van der Waals surface area contributed by atoms with Gasteiger partial charge in [-0.2, -0.15) is 15.5 Å². The summed E-state index contributed by atoms with van der Waals surface area (Å²) < 4.78 is 20.5. The molecule has 0 unspecified atom stereocenters. The number of aryl methyl sites for hydroxylation is 2. The molecule has 10 nitrogen and oxygen atoms in total. The minimum atomic E-state index is -0.638. The molecule has 3 heterocycles. The maximum atomic E-state index is 15.0. The summed E-state index contributed by atoms with van der Waals surface area (Å²) in [4.78, 5) is 22.6. The molecule has 0 amide bonds. The SMILES string of the molecule is Cc1nn(-c2cncc(Nc3nc(N[C@H](C4CC4)[C@H](C)CC(=O)OC(C)(C)C)c(F)cc3C#N)c2)nc1C. The van der Waals surface area contributed by atoms with Crippen molar-refractivity contribution in [3.8, 4) is 11.8 Å². The van der Waals surface area contributed by atoms with Gasteiger partial charge in [-0.1, -0.05) is 6.92 Å². The van der Waals surface area contributed by atoms with Crippen molar-refractivity contribution in [1.82, 2.24) is 25.0 Å². The minimum Gasteiger partial charge on any atom is -0.460 e. The lowest BCUT2D eigenvalue weighted by Gasteiger charge is -2.27. The first kappa shape index (κ1) is 27.0. The molecule has 0 aliphatic heterocycles. The van der Waals surface area contributed by atoms with E-state index in [0.29, 0.717) is 17.3 Å². The van der Waals surface area contributed by atoms with Crippen LogP contribution >= 0.6 is 0 Å². The number of halogens is 1. The predicted molar refractivity (Wildman–Crippen MR) is 141 cm³/mol. The Labute approximate surface area is 221 Å². The van der Waals surface area contributed by atoms with Gasteiger partial charge in [0, 0.05) is 6.04 Å². The molecule has 1 aliphatic carbocycles. The Kier molecular flexibility index (Phi) is 7.62. The topological polar surface area (TPSA) is 131 Å². The van der Waals surface area contributed by atoms with E-state index in [2.05, 4.69) is 30.8 Å². The Morgan fingerprint density at radius 2 is 1.89 bits per heavy atom. The molecule has 1 fully saturated rings. The van der Waals surface area contributed by atoms with Crippen LogP contribution in [0.15, 0.2) is 24.5 Å². The number of aromatic nitrogens is 5. The summed E-state index contributed by atoms with van der Waals surface area (Å²) in [5, 5.41) is 24.7. The van der Waals surface area contributed by atoms with Crippen molar-refractivity contribution < 1.29 is 13.9 Å². The molecule has 2 N–H and O–H groups in total. The molecule has 1 aliphatic rings. The second kappa shape index (κ2) is 10.7. The standard InChI is InChI=1S/C27H33FN8O2/c1-15(9-23(37)38-27(4,5)6)24(18-7-8-18)32-26-22(28)10-19(12-29)25(33-26)31-20-11-21(14-30-13-20)36-34-16(2)17(3)35-36/h10-11,13-15,18,24H,7-9H2,1-6H3,(H2,31,32,33)/t15-,24+/m1/s1. The van der Waals surface area contributed by atoms with Gasteiger partial charge in [-0.15, -0.1) is 4.80 Å². The summed E-state index contributed by atoms with van der Waals surface area (Å²) in [5.74, 6) is -0.540. The largest absolute Gasteiger partial charge is 0.460 e. The molecule has 38 heavy (non-hydrogen) atoms. The van der Waals surface area contributed by atoms with Gasteiger partial charge in [0.1, 0.15) is 17.4 Å². The molecule has 4 rings (SSSR count). The first-order valence-electron chi connectivity index (χ1n) is 12.7. The molecule has 3 aromatic heterocycles. The van der Waals surface area contributed by atoms with Gasteiger partial charge >= 0.3 is 5.97 Å². The van der Waals surface area contributed by atoms with Crippen LogP contribution in [0.3, 0.4) is 0 Å². The highest BCUT2D eigenvalue weighted by Crippen LogP contribution is 2.39. The van der Waals surface area contributed by atoms with E-state index in [0.717, 1.165) is 30.3 Å². The zero-order valence-electron chi connectivity index (χ0n) is 22.5. The van der Waals surface area contributed by atoms with Gasteiger partial charge in [0.15, 0.2) is 17.5 Å². The highest BCUT2D eigenvalue weighted by molar-refractivity contribution is 5.70. The fraction of sp³-hybridized carbons (Fsp3) is 0.481. The van der Waals surface area contributed by atoms with Gasteiger partial charge in [-0.25, -0.2) is 9.37 Å². The lowest BCUT2D eigenvalue weighted by Crippen LogP contribution is -2.34. The number of esters is 1. The van der Waals surface area contributed by atoms with Gasteiger partial charge < -0.3 is 15.4 Å². The minimum absolute atomic E-state index is 0.0172. The molecule has 0 bridgehead atoms. The van der Waals surface area contributed by atoms with Crippen LogP contribution in [0.2, 0.25) is 0 Å². The first-order valence-corrected chi connectivity index (χ1v) is 12.7. The van der Waals surface area contributed by atoms with Crippen molar-refractivity contribution >= 4 is 23.3 Å². The molecular weight excluding hydrogens is 487 g/mol. The highest BCUT2D eigenvalue weighted by Gasteiger charge is 2.37. The average Bonchev–Trinajstić information content (AvgIpc) is 3.61. The van der Waals surface area contributed by atoms with E-state index in [1.807, 2.05) is 47.6 Å². The van der Waals surface area contributed by atoms with Crippen molar-refractivity contribution in [3.63, 3.8) is 0 Å². The van der Waals surface area contributed by atoms with E-state index in [9.17, 15) is 10.1 Å². The van der Waals surface area contributed by atoms with Crippen LogP contribution < -0.4 is 10.6 Å². The van der Waals surface area contributed by atoms with E-state index in [-0.39, 0.29) is 41.5 Å². The van der Waals surface area contributed by atoms with Gasteiger partial charge in [0.05, 0.1) is 41.5 Å². The van der Waals surface area contributed by atoms with Crippen LogP contribution in [0.1, 0.15) is 63.9 Å². The molecule has 11 heteroatoms. The zero-order chi connectivity index (χ0) is 27.6. The second-order valence-corrected chi connectivity index (χ2v) is 10.8.